The number of benzene rings is 3. The van der Waals surface area contributed by atoms with Gasteiger partial charge in [0.2, 0.25) is 0 Å². The van der Waals surface area contributed by atoms with E-state index in [1.54, 1.807) is 0 Å². The molecule has 0 N–H and O–H groups in total. The van der Waals surface area contributed by atoms with Crippen molar-refractivity contribution in [3.05, 3.63) is 130 Å². The minimum atomic E-state index is -0.732. The highest BCUT2D eigenvalue weighted by Crippen LogP contribution is 2.43. The maximum atomic E-state index is 6.52. The molecule has 3 nitrogen and oxygen atoms in total. The molecule has 0 fully saturated rings. The van der Waals surface area contributed by atoms with Crippen LogP contribution < -0.4 is 0 Å². The Bertz CT molecular complexity index is 1250. The van der Waals surface area contributed by atoms with Gasteiger partial charge in [-0.2, -0.15) is 5.10 Å². The van der Waals surface area contributed by atoms with Crippen LogP contribution in [0.4, 0.5) is 0 Å². The van der Waals surface area contributed by atoms with Gasteiger partial charge in [0, 0.05) is 6.07 Å². The lowest BCUT2D eigenvalue weighted by atomic mass is 9.77. The molecule has 0 aliphatic heterocycles. The van der Waals surface area contributed by atoms with Crippen LogP contribution in [0.1, 0.15) is 22.4 Å². The lowest BCUT2D eigenvalue weighted by Gasteiger charge is -2.37. The Morgan fingerprint density at radius 2 is 1.16 bits per heavy atom. The quantitative estimate of drug-likeness (QED) is 0.223. The maximum absolute atomic E-state index is 6.52. The number of nitrogens with zero attached hydrogens (tertiary/aromatic N) is 3. The first-order valence-corrected chi connectivity index (χ1v) is 10.8. The fraction of sp³-hybridized carbons (Fsp3) is 0.0769. The van der Waals surface area contributed by atoms with Crippen molar-refractivity contribution in [3.63, 3.8) is 0 Å². The molecule has 5 rings (SSSR count). The molecule has 0 aliphatic carbocycles. The number of fused-ring (bicyclic) bond motifs is 1. The van der Waals surface area contributed by atoms with E-state index in [0.29, 0.717) is 10.3 Å². The van der Waals surface area contributed by atoms with Crippen molar-refractivity contribution in [3.8, 4) is 0 Å². The molecule has 5 aromatic rings. The second-order valence-electron chi connectivity index (χ2n) is 7.44. The van der Waals surface area contributed by atoms with Crippen molar-refractivity contribution in [1.29, 1.82) is 0 Å². The Balaban J connectivity index is 2.01. The smallest absolute Gasteiger partial charge is 0.142 e. The van der Waals surface area contributed by atoms with Crippen molar-refractivity contribution in [2.45, 2.75) is 12.5 Å². The van der Waals surface area contributed by atoms with Gasteiger partial charge in [-0.05, 0) is 23.6 Å². The number of rotatable bonds is 4. The summed E-state index contributed by atoms with van der Waals surface area (Å²) in [6.07, 6.45) is 0. The molecule has 152 valence electrons. The van der Waals surface area contributed by atoms with Gasteiger partial charge in [0.05, 0.1) is 16.6 Å². The second kappa shape index (κ2) is 7.84. The van der Waals surface area contributed by atoms with Gasteiger partial charge in [0.1, 0.15) is 15.8 Å². The third-order valence-corrected chi connectivity index (χ3v) is 6.12. The van der Waals surface area contributed by atoms with Crippen molar-refractivity contribution in [1.82, 2.24) is 14.8 Å². The van der Waals surface area contributed by atoms with Gasteiger partial charge in [-0.1, -0.05) is 114 Å². The molecule has 0 spiro atoms. The SMILES string of the molecule is Cc1nn(C(c2ccccc2)(c2ccccc2)c2ccccc2)c2cc(Cl)nc(Cl)c12. The van der Waals surface area contributed by atoms with Gasteiger partial charge in [0.15, 0.2) is 0 Å². The van der Waals surface area contributed by atoms with E-state index in [1.807, 2.05) is 35.9 Å². The minimum absolute atomic E-state index is 0.335. The van der Waals surface area contributed by atoms with Gasteiger partial charge in [-0.15, -0.1) is 0 Å². The fourth-order valence-corrected chi connectivity index (χ4v) is 4.94. The molecule has 0 saturated heterocycles. The molecule has 0 aliphatic rings. The highest BCUT2D eigenvalue weighted by atomic mass is 35.5. The molecule has 0 radical (unpaired) electrons. The number of pyridine rings is 1. The van der Waals surface area contributed by atoms with Gasteiger partial charge < -0.3 is 0 Å². The van der Waals surface area contributed by atoms with Crippen LogP contribution in [0.15, 0.2) is 97.1 Å². The molecule has 0 amide bonds. The first-order chi connectivity index (χ1) is 15.1. The van der Waals surface area contributed by atoms with Crippen LogP contribution in [-0.4, -0.2) is 14.8 Å². The van der Waals surface area contributed by atoms with E-state index in [4.69, 9.17) is 28.3 Å². The van der Waals surface area contributed by atoms with Gasteiger partial charge in [-0.25, -0.2) is 9.67 Å². The Morgan fingerprint density at radius 1 is 0.710 bits per heavy atom. The largest absolute Gasteiger partial charge is 0.245 e. The molecular weight excluding hydrogens is 425 g/mol. The van der Waals surface area contributed by atoms with Gasteiger partial charge in [-0.3, -0.25) is 0 Å². The fourth-order valence-electron chi connectivity index (χ4n) is 4.39. The molecular formula is C26H19Cl2N3. The zero-order valence-electron chi connectivity index (χ0n) is 16.8. The zero-order chi connectivity index (χ0) is 21.4. The predicted octanol–water partition coefficient (Wildman–Crippen LogP) is 6.89. The summed E-state index contributed by atoms with van der Waals surface area (Å²) >= 11 is 12.9. The topological polar surface area (TPSA) is 30.7 Å². The lowest BCUT2D eigenvalue weighted by molar-refractivity contribution is 0.473. The Hall–Kier alpha value is -3.14. The summed E-state index contributed by atoms with van der Waals surface area (Å²) in [6, 6.07) is 33.0. The van der Waals surface area contributed by atoms with Gasteiger partial charge in [0.25, 0.3) is 0 Å². The zero-order valence-corrected chi connectivity index (χ0v) is 18.3. The summed E-state index contributed by atoms with van der Waals surface area (Å²) in [5.41, 5.74) is 4.16. The lowest BCUT2D eigenvalue weighted by Crippen LogP contribution is -2.38. The second-order valence-corrected chi connectivity index (χ2v) is 8.18. The van der Waals surface area contributed by atoms with Crippen molar-refractivity contribution < 1.29 is 0 Å². The van der Waals surface area contributed by atoms with Crippen molar-refractivity contribution in [2.24, 2.45) is 0 Å². The maximum Gasteiger partial charge on any atom is 0.142 e. The average Bonchev–Trinajstić information content (AvgIpc) is 3.13. The molecule has 2 heterocycles. The first-order valence-electron chi connectivity index (χ1n) is 10.0. The molecule has 5 heteroatoms. The normalized spacial score (nSPS) is 11.7. The highest BCUT2D eigenvalue weighted by molar-refractivity contribution is 6.36. The van der Waals surface area contributed by atoms with Crippen LogP contribution in [0.25, 0.3) is 10.9 Å². The summed E-state index contributed by atoms with van der Waals surface area (Å²) in [7, 11) is 0. The summed E-state index contributed by atoms with van der Waals surface area (Å²) in [4.78, 5) is 4.25. The number of aromatic nitrogens is 3. The Labute approximate surface area is 190 Å². The number of hydrogen-bond donors (Lipinski definition) is 0. The van der Waals surface area contributed by atoms with Crippen LogP contribution in [-0.2, 0) is 5.54 Å². The minimum Gasteiger partial charge on any atom is -0.245 e. The van der Waals surface area contributed by atoms with E-state index in [1.165, 1.54) is 0 Å². The predicted molar refractivity (Wildman–Crippen MR) is 127 cm³/mol. The molecule has 0 saturated carbocycles. The standard InChI is InChI=1S/C26H19Cl2N3/c1-18-24-22(17-23(27)29-25(24)28)31(30-18)26(19-11-5-2-6-12-19,20-13-7-3-8-14-20)21-15-9-4-10-16-21/h2-17H,1H3. The summed E-state index contributed by atoms with van der Waals surface area (Å²) in [5, 5.41) is 6.52. The molecule has 2 aromatic heterocycles. The molecule has 0 unspecified atom stereocenters. The van der Waals surface area contributed by atoms with Crippen LogP contribution in [0.5, 0.6) is 0 Å². The Kier molecular flexibility index (Phi) is 5.01. The third kappa shape index (κ3) is 3.13. The monoisotopic (exact) mass is 443 g/mol. The van der Waals surface area contributed by atoms with E-state index in [0.717, 1.165) is 33.3 Å². The summed E-state index contributed by atoms with van der Waals surface area (Å²) in [5.74, 6) is 0. The average molecular weight is 444 g/mol. The van der Waals surface area contributed by atoms with Crippen molar-refractivity contribution >= 4 is 34.1 Å². The highest BCUT2D eigenvalue weighted by Gasteiger charge is 2.40. The summed E-state index contributed by atoms with van der Waals surface area (Å²) in [6.45, 7) is 1.95. The van der Waals surface area contributed by atoms with Crippen molar-refractivity contribution in [2.75, 3.05) is 0 Å². The van der Waals surface area contributed by atoms with Crippen LogP contribution in [0.2, 0.25) is 10.3 Å². The molecule has 3 aromatic carbocycles. The van der Waals surface area contributed by atoms with Gasteiger partial charge >= 0.3 is 0 Å². The van der Waals surface area contributed by atoms with E-state index in [9.17, 15) is 0 Å². The molecule has 0 bridgehead atoms. The van der Waals surface area contributed by atoms with E-state index < -0.39 is 5.54 Å². The van der Waals surface area contributed by atoms with Crippen LogP contribution >= 0.6 is 23.2 Å². The molecule has 31 heavy (non-hydrogen) atoms. The third-order valence-electron chi connectivity index (χ3n) is 5.66. The number of halogens is 2. The van der Waals surface area contributed by atoms with Crippen LogP contribution in [0, 0.1) is 6.92 Å². The Morgan fingerprint density at radius 3 is 1.61 bits per heavy atom. The first kappa shape index (κ1) is 19.8. The molecule has 0 atom stereocenters. The van der Waals surface area contributed by atoms with Crippen LogP contribution in [0.3, 0.4) is 0 Å². The van der Waals surface area contributed by atoms with E-state index in [-0.39, 0.29) is 0 Å². The summed E-state index contributed by atoms with van der Waals surface area (Å²) < 4.78 is 2.04. The van der Waals surface area contributed by atoms with E-state index in [2.05, 4.69) is 77.8 Å². The number of aryl methyl sites for hydroxylation is 1. The van der Waals surface area contributed by atoms with E-state index >= 15 is 0 Å². The number of hydrogen-bond acceptors (Lipinski definition) is 2.